The van der Waals surface area contributed by atoms with Crippen molar-refractivity contribution in [3.8, 4) is 0 Å². The Labute approximate surface area is 124 Å². The van der Waals surface area contributed by atoms with E-state index in [1.807, 2.05) is 0 Å². The van der Waals surface area contributed by atoms with Crippen molar-refractivity contribution >= 4 is 17.3 Å². The highest BCUT2D eigenvalue weighted by atomic mass is 32.1. The highest BCUT2D eigenvalue weighted by Gasteiger charge is 2.25. The van der Waals surface area contributed by atoms with E-state index in [-0.39, 0.29) is 11.6 Å². The second kappa shape index (κ2) is 6.22. The summed E-state index contributed by atoms with van der Waals surface area (Å²) in [5.41, 5.74) is 0.254. The molecule has 1 aliphatic heterocycles. The van der Waals surface area contributed by atoms with Crippen molar-refractivity contribution in [2.75, 3.05) is 13.1 Å². The van der Waals surface area contributed by atoms with Crippen molar-refractivity contribution in [3.05, 3.63) is 15.6 Å². The van der Waals surface area contributed by atoms with E-state index < -0.39 is 5.97 Å². The van der Waals surface area contributed by atoms with E-state index in [2.05, 4.69) is 37.6 Å². The zero-order chi connectivity index (χ0) is 14.9. The molecular formula is C15H24N2O2S. The van der Waals surface area contributed by atoms with Crippen LogP contribution in [-0.4, -0.2) is 34.0 Å². The Hall–Kier alpha value is -0.940. The van der Waals surface area contributed by atoms with Crippen molar-refractivity contribution in [2.24, 2.45) is 11.8 Å². The maximum absolute atomic E-state index is 11.4. The Bertz CT molecular complexity index is 474. The smallest absolute Gasteiger partial charge is 0.355 e. The van der Waals surface area contributed by atoms with Crippen LogP contribution in [-0.2, 0) is 6.54 Å². The van der Waals surface area contributed by atoms with Crippen LogP contribution in [0.5, 0.6) is 0 Å². The van der Waals surface area contributed by atoms with Gasteiger partial charge in [0.25, 0.3) is 0 Å². The number of rotatable bonds is 4. The zero-order valence-electron chi connectivity index (χ0n) is 12.7. The van der Waals surface area contributed by atoms with Crippen LogP contribution >= 0.6 is 11.3 Å². The normalized spacial score (nSPS) is 24.2. The third-order valence-electron chi connectivity index (χ3n) is 3.72. The SMILES string of the molecule is CC1CC(C)CN(Cc2sc(C(C)C)nc2C(=O)O)C1. The van der Waals surface area contributed by atoms with E-state index in [9.17, 15) is 9.90 Å². The van der Waals surface area contributed by atoms with Crippen molar-refractivity contribution in [2.45, 2.75) is 46.6 Å². The number of likely N-dealkylation sites (tertiary alicyclic amines) is 1. The molecule has 4 nitrogen and oxygen atoms in total. The first-order valence-corrected chi connectivity index (χ1v) is 8.13. The number of aromatic carboxylic acids is 1. The topological polar surface area (TPSA) is 53.4 Å². The van der Waals surface area contributed by atoms with Crippen molar-refractivity contribution in [3.63, 3.8) is 0 Å². The predicted molar refractivity (Wildman–Crippen MR) is 81.4 cm³/mol. The number of carboxylic acids is 1. The van der Waals surface area contributed by atoms with E-state index in [0.29, 0.717) is 11.8 Å². The first kappa shape index (κ1) is 15.4. The summed E-state index contributed by atoms with van der Waals surface area (Å²) >= 11 is 1.56. The van der Waals surface area contributed by atoms with Gasteiger partial charge in [-0.25, -0.2) is 9.78 Å². The zero-order valence-corrected chi connectivity index (χ0v) is 13.5. The number of hydrogen-bond acceptors (Lipinski definition) is 4. The van der Waals surface area contributed by atoms with Gasteiger partial charge in [-0.1, -0.05) is 27.7 Å². The van der Waals surface area contributed by atoms with Crippen LogP contribution in [0.4, 0.5) is 0 Å². The van der Waals surface area contributed by atoms with Gasteiger partial charge in [0, 0.05) is 25.6 Å². The summed E-state index contributed by atoms with van der Waals surface area (Å²) in [6.45, 7) is 11.5. The van der Waals surface area contributed by atoms with Gasteiger partial charge in [0.15, 0.2) is 5.69 Å². The van der Waals surface area contributed by atoms with Gasteiger partial charge < -0.3 is 5.11 Å². The summed E-state index contributed by atoms with van der Waals surface area (Å²) in [6.07, 6.45) is 1.27. The van der Waals surface area contributed by atoms with Crippen LogP contribution in [0, 0.1) is 11.8 Å². The molecule has 1 aromatic heterocycles. The van der Waals surface area contributed by atoms with Gasteiger partial charge >= 0.3 is 5.97 Å². The average molecular weight is 296 g/mol. The number of nitrogens with zero attached hydrogens (tertiary/aromatic N) is 2. The number of carboxylic acid groups (broad SMARTS) is 1. The van der Waals surface area contributed by atoms with E-state index in [1.165, 1.54) is 6.42 Å². The lowest BCUT2D eigenvalue weighted by molar-refractivity contribution is 0.0687. The Morgan fingerprint density at radius 3 is 2.50 bits per heavy atom. The van der Waals surface area contributed by atoms with E-state index >= 15 is 0 Å². The first-order chi connectivity index (χ1) is 9.36. The van der Waals surface area contributed by atoms with Crippen LogP contribution < -0.4 is 0 Å². The molecular weight excluding hydrogens is 272 g/mol. The molecule has 5 heteroatoms. The van der Waals surface area contributed by atoms with Gasteiger partial charge in [0.05, 0.1) is 9.88 Å². The number of aromatic nitrogens is 1. The molecule has 1 fully saturated rings. The Kier molecular flexibility index (Phi) is 4.81. The fourth-order valence-corrected chi connectivity index (χ4v) is 4.12. The maximum atomic E-state index is 11.4. The molecule has 0 spiro atoms. The highest BCUT2D eigenvalue weighted by Crippen LogP contribution is 2.28. The Balaban J connectivity index is 2.17. The van der Waals surface area contributed by atoms with Gasteiger partial charge in [-0.05, 0) is 18.3 Å². The van der Waals surface area contributed by atoms with Crippen molar-refractivity contribution in [1.29, 1.82) is 0 Å². The predicted octanol–water partition coefficient (Wildman–Crippen LogP) is 3.44. The van der Waals surface area contributed by atoms with Gasteiger partial charge in [-0.2, -0.15) is 0 Å². The summed E-state index contributed by atoms with van der Waals surface area (Å²) in [5.74, 6) is 0.751. The largest absolute Gasteiger partial charge is 0.476 e. The monoisotopic (exact) mass is 296 g/mol. The highest BCUT2D eigenvalue weighted by molar-refractivity contribution is 7.12. The van der Waals surface area contributed by atoms with Gasteiger partial charge in [-0.3, -0.25) is 4.90 Å². The molecule has 0 amide bonds. The molecule has 1 aliphatic rings. The van der Waals surface area contributed by atoms with Crippen LogP contribution in [0.2, 0.25) is 0 Å². The summed E-state index contributed by atoms with van der Waals surface area (Å²) in [4.78, 5) is 18.9. The third kappa shape index (κ3) is 3.58. The van der Waals surface area contributed by atoms with Gasteiger partial charge in [-0.15, -0.1) is 11.3 Å². The summed E-state index contributed by atoms with van der Waals surface area (Å²) in [7, 11) is 0. The summed E-state index contributed by atoms with van der Waals surface area (Å²) < 4.78 is 0. The lowest BCUT2D eigenvalue weighted by Gasteiger charge is -2.34. The molecule has 20 heavy (non-hydrogen) atoms. The van der Waals surface area contributed by atoms with Crippen LogP contribution in [0.15, 0.2) is 0 Å². The molecule has 0 aromatic carbocycles. The Morgan fingerprint density at radius 2 is 2.00 bits per heavy atom. The molecule has 1 N–H and O–H groups in total. The van der Waals surface area contributed by atoms with Crippen molar-refractivity contribution < 1.29 is 9.90 Å². The number of piperidine rings is 1. The minimum absolute atomic E-state index is 0.254. The number of hydrogen-bond donors (Lipinski definition) is 1. The summed E-state index contributed by atoms with van der Waals surface area (Å²) in [6, 6.07) is 0. The number of carbonyl (C=O) groups is 1. The van der Waals surface area contributed by atoms with Crippen molar-refractivity contribution in [1.82, 2.24) is 9.88 Å². The molecule has 1 aromatic rings. The maximum Gasteiger partial charge on any atom is 0.355 e. The molecule has 112 valence electrons. The van der Waals surface area contributed by atoms with E-state index in [4.69, 9.17) is 0 Å². The lowest BCUT2D eigenvalue weighted by atomic mass is 9.92. The molecule has 2 heterocycles. The minimum atomic E-state index is -0.902. The summed E-state index contributed by atoms with van der Waals surface area (Å²) in [5, 5.41) is 10.2. The molecule has 0 aliphatic carbocycles. The fourth-order valence-electron chi connectivity index (χ4n) is 3.02. The second-order valence-electron chi connectivity index (χ2n) is 6.42. The van der Waals surface area contributed by atoms with Gasteiger partial charge in [0.1, 0.15) is 0 Å². The third-order valence-corrected chi connectivity index (χ3v) is 5.06. The van der Waals surface area contributed by atoms with E-state index in [1.54, 1.807) is 11.3 Å². The fraction of sp³-hybridized carbons (Fsp3) is 0.733. The molecule has 2 unspecified atom stereocenters. The average Bonchev–Trinajstić information content (AvgIpc) is 2.71. The van der Waals surface area contributed by atoms with Gasteiger partial charge in [0.2, 0.25) is 0 Å². The Morgan fingerprint density at radius 1 is 1.40 bits per heavy atom. The lowest BCUT2D eigenvalue weighted by Crippen LogP contribution is -2.38. The van der Waals surface area contributed by atoms with Crippen LogP contribution in [0.3, 0.4) is 0 Å². The van der Waals surface area contributed by atoms with Crippen LogP contribution in [0.25, 0.3) is 0 Å². The first-order valence-electron chi connectivity index (χ1n) is 7.32. The molecule has 2 atom stereocenters. The molecule has 1 saturated heterocycles. The standard InChI is InChI=1S/C15H24N2O2S/c1-9(2)14-16-13(15(18)19)12(20-14)8-17-6-10(3)5-11(4)7-17/h9-11H,5-8H2,1-4H3,(H,18,19). The second-order valence-corrected chi connectivity index (χ2v) is 7.54. The molecule has 2 rings (SSSR count). The van der Waals surface area contributed by atoms with Crippen LogP contribution in [0.1, 0.15) is 60.4 Å². The number of thiazole rings is 1. The van der Waals surface area contributed by atoms with E-state index in [0.717, 1.165) is 29.5 Å². The molecule has 0 radical (unpaired) electrons. The minimum Gasteiger partial charge on any atom is -0.476 e. The quantitative estimate of drug-likeness (QED) is 0.924. The molecule has 0 saturated carbocycles. The molecule has 0 bridgehead atoms.